The molecule has 0 aliphatic heterocycles. The quantitative estimate of drug-likeness (QED) is 0.829. The molecule has 0 radical (unpaired) electrons. The first-order valence-electron chi connectivity index (χ1n) is 5.23. The standard InChI is InChI=1S/C14H14NO/c1-15-10-11-3-2-4-13(9-11)12-5-7-14(16)8-6-12/h2-9,16H,10H2,1H3/q-1. The Morgan fingerprint density at radius 3 is 2.44 bits per heavy atom. The van der Waals surface area contributed by atoms with E-state index in [4.69, 9.17) is 0 Å². The number of hydrogen-bond acceptors (Lipinski definition) is 1. The monoisotopic (exact) mass is 212 g/mol. The van der Waals surface area contributed by atoms with Gasteiger partial charge >= 0.3 is 0 Å². The second-order valence-corrected chi connectivity index (χ2v) is 3.72. The van der Waals surface area contributed by atoms with Gasteiger partial charge in [0.25, 0.3) is 0 Å². The minimum atomic E-state index is 0.295. The van der Waals surface area contributed by atoms with Gasteiger partial charge in [-0.25, -0.2) is 0 Å². The summed E-state index contributed by atoms with van der Waals surface area (Å²) in [5.74, 6) is 0.295. The summed E-state index contributed by atoms with van der Waals surface area (Å²) in [7, 11) is 1.81. The number of aromatic hydroxyl groups is 1. The van der Waals surface area contributed by atoms with Gasteiger partial charge in [-0.3, -0.25) is 0 Å². The van der Waals surface area contributed by atoms with Crippen LogP contribution in [0.1, 0.15) is 5.56 Å². The van der Waals surface area contributed by atoms with Gasteiger partial charge in [-0.1, -0.05) is 42.0 Å². The molecule has 82 valence electrons. The Balaban J connectivity index is 2.32. The van der Waals surface area contributed by atoms with Gasteiger partial charge < -0.3 is 10.4 Å². The van der Waals surface area contributed by atoms with Gasteiger partial charge in [0, 0.05) is 0 Å². The fourth-order valence-electron chi connectivity index (χ4n) is 1.69. The van der Waals surface area contributed by atoms with Crippen molar-refractivity contribution in [2.75, 3.05) is 7.05 Å². The third-order valence-electron chi connectivity index (χ3n) is 2.47. The van der Waals surface area contributed by atoms with E-state index in [1.165, 1.54) is 5.56 Å². The summed E-state index contributed by atoms with van der Waals surface area (Å²) in [6.07, 6.45) is 0. The highest BCUT2D eigenvalue weighted by atomic mass is 16.3. The molecule has 0 saturated carbocycles. The Labute approximate surface area is 95.6 Å². The van der Waals surface area contributed by atoms with Crippen molar-refractivity contribution in [2.24, 2.45) is 0 Å². The van der Waals surface area contributed by atoms with Crippen molar-refractivity contribution in [3.8, 4) is 16.9 Å². The van der Waals surface area contributed by atoms with Gasteiger partial charge in [0.05, 0.1) is 0 Å². The minimum Gasteiger partial charge on any atom is -0.661 e. The highest BCUT2D eigenvalue weighted by Crippen LogP contribution is 2.23. The maximum absolute atomic E-state index is 9.23. The van der Waals surface area contributed by atoms with Crippen molar-refractivity contribution in [1.82, 2.24) is 0 Å². The van der Waals surface area contributed by atoms with Crippen LogP contribution in [0.4, 0.5) is 0 Å². The summed E-state index contributed by atoms with van der Waals surface area (Å²) in [6, 6.07) is 15.5. The van der Waals surface area contributed by atoms with Gasteiger partial charge in [0.15, 0.2) is 0 Å². The molecule has 0 spiro atoms. The lowest BCUT2D eigenvalue weighted by Gasteiger charge is -2.12. The number of phenolic OH excluding ortho intramolecular Hbond substituents is 1. The van der Waals surface area contributed by atoms with Crippen LogP contribution in [0.3, 0.4) is 0 Å². The zero-order chi connectivity index (χ0) is 11.4. The normalized spacial score (nSPS) is 10.3. The number of phenols is 1. The molecule has 2 aromatic carbocycles. The van der Waals surface area contributed by atoms with E-state index in [1.807, 2.05) is 25.2 Å². The van der Waals surface area contributed by atoms with Crippen LogP contribution in [0.25, 0.3) is 16.4 Å². The summed E-state index contributed by atoms with van der Waals surface area (Å²) in [6.45, 7) is 0.742. The molecule has 0 bridgehead atoms. The second-order valence-electron chi connectivity index (χ2n) is 3.72. The maximum Gasteiger partial charge on any atom is 0.115 e. The zero-order valence-corrected chi connectivity index (χ0v) is 9.22. The molecule has 0 amide bonds. The molecule has 2 rings (SSSR count). The maximum atomic E-state index is 9.23. The molecule has 0 aliphatic carbocycles. The first-order chi connectivity index (χ1) is 7.79. The minimum absolute atomic E-state index is 0.295. The van der Waals surface area contributed by atoms with Crippen molar-refractivity contribution in [3.05, 3.63) is 59.4 Å². The Morgan fingerprint density at radius 1 is 1.00 bits per heavy atom. The van der Waals surface area contributed by atoms with Crippen molar-refractivity contribution in [2.45, 2.75) is 6.54 Å². The topological polar surface area (TPSA) is 34.3 Å². The van der Waals surface area contributed by atoms with E-state index >= 15 is 0 Å². The largest absolute Gasteiger partial charge is 0.661 e. The molecular formula is C14H14NO-. The molecule has 2 heteroatoms. The van der Waals surface area contributed by atoms with Crippen LogP contribution in [0.2, 0.25) is 0 Å². The summed E-state index contributed by atoms with van der Waals surface area (Å²) in [5.41, 5.74) is 3.46. The van der Waals surface area contributed by atoms with Crippen LogP contribution < -0.4 is 0 Å². The number of hydrogen-bond donors (Lipinski definition) is 1. The Morgan fingerprint density at radius 2 is 1.75 bits per heavy atom. The predicted octanol–water partition coefficient (Wildman–Crippen LogP) is 3.56. The van der Waals surface area contributed by atoms with Crippen LogP contribution in [0.5, 0.6) is 5.75 Å². The smallest absolute Gasteiger partial charge is 0.115 e. The first-order valence-corrected chi connectivity index (χ1v) is 5.23. The van der Waals surface area contributed by atoms with Crippen molar-refractivity contribution in [1.29, 1.82) is 0 Å². The fraction of sp³-hybridized carbons (Fsp3) is 0.143. The SMILES string of the molecule is C[N-]Cc1cccc(-c2ccc(O)cc2)c1. The molecule has 0 atom stereocenters. The molecular weight excluding hydrogens is 198 g/mol. The molecule has 0 aliphatic rings. The molecule has 0 heterocycles. The number of nitrogens with zero attached hydrogens (tertiary/aromatic N) is 1. The van der Waals surface area contributed by atoms with Crippen molar-refractivity contribution >= 4 is 0 Å². The van der Waals surface area contributed by atoms with Crippen LogP contribution in [-0.2, 0) is 6.54 Å². The molecule has 2 aromatic rings. The summed E-state index contributed by atoms with van der Waals surface area (Å²) in [5, 5.41) is 13.3. The fourth-order valence-corrected chi connectivity index (χ4v) is 1.69. The lowest BCUT2D eigenvalue weighted by molar-refractivity contribution is 0.475. The van der Waals surface area contributed by atoms with E-state index in [-0.39, 0.29) is 0 Å². The molecule has 1 N–H and O–H groups in total. The van der Waals surface area contributed by atoms with E-state index in [1.54, 1.807) is 12.1 Å². The number of rotatable bonds is 3. The Hall–Kier alpha value is -1.80. The Kier molecular flexibility index (Phi) is 3.22. The van der Waals surface area contributed by atoms with Crippen molar-refractivity contribution in [3.63, 3.8) is 0 Å². The van der Waals surface area contributed by atoms with E-state index < -0.39 is 0 Å². The van der Waals surface area contributed by atoms with Crippen LogP contribution in [0.15, 0.2) is 48.5 Å². The lowest BCUT2D eigenvalue weighted by Crippen LogP contribution is -1.84. The van der Waals surface area contributed by atoms with Crippen LogP contribution in [0, 0.1) is 0 Å². The second kappa shape index (κ2) is 4.81. The van der Waals surface area contributed by atoms with E-state index in [9.17, 15) is 5.11 Å². The zero-order valence-electron chi connectivity index (χ0n) is 9.22. The molecule has 0 saturated heterocycles. The first kappa shape index (κ1) is 10.7. The molecule has 0 unspecified atom stereocenters. The highest BCUT2D eigenvalue weighted by Gasteiger charge is 1.97. The van der Waals surface area contributed by atoms with Gasteiger partial charge in [-0.15, -0.1) is 6.54 Å². The van der Waals surface area contributed by atoms with E-state index in [0.29, 0.717) is 5.75 Å². The third-order valence-corrected chi connectivity index (χ3v) is 2.47. The van der Waals surface area contributed by atoms with E-state index in [2.05, 4.69) is 23.5 Å². The summed E-state index contributed by atoms with van der Waals surface area (Å²) < 4.78 is 0. The molecule has 0 aromatic heterocycles. The lowest BCUT2D eigenvalue weighted by atomic mass is 10.0. The van der Waals surface area contributed by atoms with Crippen LogP contribution >= 0.6 is 0 Å². The molecule has 2 nitrogen and oxygen atoms in total. The van der Waals surface area contributed by atoms with Gasteiger partial charge in [-0.05, 0) is 23.3 Å². The molecule has 0 fully saturated rings. The van der Waals surface area contributed by atoms with Crippen LogP contribution in [-0.4, -0.2) is 12.2 Å². The number of benzene rings is 2. The average Bonchev–Trinajstić information content (AvgIpc) is 2.31. The van der Waals surface area contributed by atoms with Gasteiger partial charge in [0.1, 0.15) is 5.75 Å². The molecule has 16 heavy (non-hydrogen) atoms. The van der Waals surface area contributed by atoms with Gasteiger partial charge in [0.2, 0.25) is 0 Å². The summed E-state index contributed by atoms with van der Waals surface area (Å²) >= 11 is 0. The highest BCUT2D eigenvalue weighted by molar-refractivity contribution is 5.64. The Bertz CT molecular complexity index is 462. The van der Waals surface area contributed by atoms with Crippen molar-refractivity contribution < 1.29 is 5.11 Å². The third kappa shape index (κ3) is 2.41. The average molecular weight is 212 g/mol. The predicted molar refractivity (Wildman–Crippen MR) is 66.5 cm³/mol. The van der Waals surface area contributed by atoms with Gasteiger partial charge in [-0.2, -0.15) is 7.05 Å². The van der Waals surface area contributed by atoms with E-state index in [0.717, 1.165) is 17.7 Å². The summed E-state index contributed by atoms with van der Waals surface area (Å²) in [4.78, 5) is 0.